The van der Waals surface area contributed by atoms with E-state index in [2.05, 4.69) is 5.10 Å². The molecule has 0 aliphatic carbocycles. The molecule has 0 amide bonds. The molecule has 0 spiro atoms. The lowest BCUT2D eigenvalue weighted by atomic mass is 10.2. The van der Waals surface area contributed by atoms with Crippen LogP contribution in [-0.4, -0.2) is 25.4 Å². The van der Waals surface area contributed by atoms with Gasteiger partial charge >= 0.3 is 5.97 Å². The third-order valence-corrected chi connectivity index (χ3v) is 6.19. The highest BCUT2D eigenvalue weighted by molar-refractivity contribution is 7.99. The number of nitrogens with zero attached hydrogens (tertiary/aromatic N) is 3. The number of fused-ring (bicyclic) bond motifs is 1. The number of carboxylic acid groups (broad SMARTS) is 1. The maximum absolute atomic E-state index is 14.9. The van der Waals surface area contributed by atoms with Crippen LogP contribution >= 0.6 is 35.0 Å². The van der Waals surface area contributed by atoms with Gasteiger partial charge in [0.15, 0.2) is 11.6 Å². The van der Waals surface area contributed by atoms with Crippen LogP contribution in [0.2, 0.25) is 10.2 Å². The summed E-state index contributed by atoms with van der Waals surface area (Å²) < 4.78 is 32.6. The van der Waals surface area contributed by atoms with Crippen molar-refractivity contribution in [2.45, 2.75) is 9.79 Å². The Hall–Kier alpha value is -2.55. The summed E-state index contributed by atoms with van der Waals surface area (Å²) in [5.41, 5.74) is 0.152. The standard InChI is InChI=1S/C19H11Cl2F2N3O2S/c1-25-8-9(7-24-25)26-16-11(5-6-12(20)15(16)23)17(18(26)21)29-13-4-2-3-10(14(13)22)19(27)28/h2-8H,1H3,(H,27,28). The number of carbonyl (C=O) groups is 1. The van der Waals surface area contributed by atoms with Crippen LogP contribution < -0.4 is 0 Å². The fourth-order valence-electron chi connectivity index (χ4n) is 2.98. The molecule has 0 aliphatic rings. The highest BCUT2D eigenvalue weighted by atomic mass is 35.5. The van der Waals surface area contributed by atoms with Crippen LogP contribution in [0.1, 0.15) is 10.4 Å². The van der Waals surface area contributed by atoms with E-state index in [1.165, 1.54) is 39.7 Å². The van der Waals surface area contributed by atoms with E-state index in [9.17, 15) is 13.6 Å². The van der Waals surface area contributed by atoms with E-state index in [0.717, 1.165) is 11.8 Å². The maximum atomic E-state index is 14.9. The van der Waals surface area contributed by atoms with E-state index >= 15 is 0 Å². The Labute approximate surface area is 177 Å². The SMILES string of the molecule is Cn1cc(-n2c(Cl)c(Sc3cccc(C(=O)O)c3F)c3ccc(Cl)c(F)c32)cn1. The molecule has 0 fully saturated rings. The van der Waals surface area contributed by atoms with Gasteiger partial charge < -0.3 is 5.11 Å². The number of carboxylic acids is 1. The van der Waals surface area contributed by atoms with E-state index in [0.29, 0.717) is 16.0 Å². The fourth-order valence-corrected chi connectivity index (χ4v) is 4.55. The molecule has 0 atom stereocenters. The summed E-state index contributed by atoms with van der Waals surface area (Å²) in [6, 6.07) is 7.00. The first-order chi connectivity index (χ1) is 13.8. The Bertz CT molecular complexity index is 1290. The first kappa shape index (κ1) is 19.8. The minimum Gasteiger partial charge on any atom is -0.478 e. The maximum Gasteiger partial charge on any atom is 0.338 e. The van der Waals surface area contributed by atoms with Crippen LogP contribution in [-0.2, 0) is 7.05 Å². The number of aromatic nitrogens is 3. The van der Waals surface area contributed by atoms with E-state index in [4.69, 9.17) is 28.3 Å². The topological polar surface area (TPSA) is 60.0 Å². The van der Waals surface area contributed by atoms with Crippen molar-refractivity contribution in [2.24, 2.45) is 7.05 Å². The van der Waals surface area contributed by atoms with Crippen LogP contribution in [0.5, 0.6) is 0 Å². The van der Waals surface area contributed by atoms with Gasteiger partial charge in [-0.3, -0.25) is 9.25 Å². The van der Waals surface area contributed by atoms with Gasteiger partial charge in [0.1, 0.15) is 5.15 Å². The second-order valence-corrected chi connectivity index (χ2v) is 7.93. The van der Waals surface area contributed by atoms with Gasteiger partial charge in [0.25, 0.3) is 0 Å². The summed E-state index contributed by atoms with van der Waals surface area (Å²) in [4.78, 5) is 11.6. The molecule has 148 valence electrons. The molecule has 0 bridgehead atoms. The summed E-state index contributed by atoms with van der Waals surface area (Å²) in [5, 5.41) is 13.7. The lowest BCUT2D eigenvalue weighted by Crippen LogP contribution is -2.01. The minimum absolute atomic E-state index is 0.0485. The second kappa shape index (κ2) is 7.37. The van der Waals surface area contributed by atoms with Crippen molar-refractivity contribution < 1.29 is 18.7 Å². The molecule has 1 N–H and O–H groups in total. The number of halogens is 4. The van der Waals surface area contributed by atoms with Gasteiger partial charge in [-0.2, -0.15) is 5.10 Å². The van der Waals surface area contributed by atoms with Crippen molar-refractivity contribution in [1.82, 2.24) is 14.3 Å². The van der Waals surface area contributed by atoms with Gasteiger partial charge in [-0.05, 0) is 24.3 Å². The van der Waals surface area contributed by atoms with E-state index in [1.807, 2.05) is 0 Å². The molecular weight excluding hydrogens is 443 g/mol. The smallest absolute Gasteiger partial charge is 0.338 e. The number of hydrogen-bond donors (Lipinski definition) is 1. The lowest BCUT2D eigenvalue weighted by molar-refractivity contribution is 0.0691. The molecule has 0 saturated heterocycles. The molecule has 2 aromatic heterocycles. The second-order valence-electron chi connectivity index (χ2n) is 6.11. The van der Waals surface area contributed by atoms with Crippen LogP contribution in [0.15, 0.2) is 52.5 Å². The molecule has 0 aliphatic heterocycles. The van der Waals surface area contributed by atoms with E-state index in [-0.39, 0.29) is 20.6 Å². The zero-order valence-corrected chi connectivity index (χ0v) is 17.0. The Morgan fingerprint density at radius 2 is 1.93 bits per heavy atom. The highest BCUT2D eigenvalue weighted by Crippen LogP contribution is 2.45. The Morgan fingerprint density at radius 1 is 1.17 bits per heavy atom. The van der Waals surface area contributed by atoms with Gasteiger partial charge in [-0.15, -0.1) is 0 Å². The third kappa shape index (κ3) is 3.27. The molecule has 10 heteroatoms. The molecule has 2 aromatic carbocycles. The average Bonchev–Trinajstić information content (AvgIpc) is 3.21. The number of benzene rings is 2. The van der Waals surface area contributed by atoms with E-state index in [1.54, 1.807) is 19.3 Å². The Kier molecular flexibility index (Phi) is 5.02. The predicted octanol–water partition coefficient (Wildman–Crippen LogP) is 5.80. The van der Waals surface area contributed by atoms with Gasteiger partial charge in [0.2, 0.25) is 0 Å². The summed E-state index contributed by atoms with van der Waals surface area (Å²) in [5.74, 6) is -2.95. The molecule has 0 saturated carbocycles. The Morgan fingerprint density at radius 3 is 2.59 bits per heavy atom. The average molecular weight is 454 g/mol. The molecule has 2 heterocycles. The molecule has 4 rings (SSSR count). The first-order valence-corrected chi connectivity index (χ1v) is 9.73. The fraction of sp³-hybridized carbons (Fsp3) is 0.0526. The zero-order chi connectivity index (χ0) is 20.9. The number of hydrogen-bond acceptors (Lipinski definition) is 3. The molecule has 0 unspecified atom stereocenters. The van der Waals surface area contributed by atoms with E-state index < -0.39 is 23.2 Å². The molecular formula is C19H11Cl2F2N3O2S. The van der Waals surface area contributed by atoms with Crippen LogP contribution in [0.25, 0.3) is 16.6 Å². The Balaban J connectivity index is 1.97. The van der Waals surface area contributed by atoms with Gasteiger partial charge in [-0.1, -0.05) is 41.0 Å². The zero-order valence-electron chi connectivity index (χ0n) is 14.7. The highest BCUT2D eigenvalue weighted by Gasteiger charge is 2.24. The van der Waals surface area contributed by atoms with Gasteiger partial charge in [0.05, 0.1) is 32.9 Å². The van der Waals surface area contributed by atoms with Crippen molar-refractivity contribution in [3.63, 3.8) is 0 Å². The molecule has 29 heavy (non-hydrogen) atoms. The van der Waals surface area contributed by atoms with Crippen LogP contribution in [0.4, 0.5) is 8.78 Å². The summed E-state index contributed by atoms with van der Waals surface area (Å²) in [6.07, 6.45) is 3.15. The summed E-state index contributed by atoms with van der Waals surface area (Å²) in [6.45, 7) is 0. The molecule has 4 aromatic rings. The number of rotatable bonds is 4. The van der Waals surface area contributed by atoms with Crippen molar-refractivity contribution in [3.8, 4) is 5.69 Å². The number of aromatic carboxylic acids is 1. The van der Waals surface area contributed by atoms with Crippen molar-refractivity contribution in [1.29, 1.82) is 0 Å². The third-order valence-electron chi connectivity index (χ3n) is 4.28. The van der Waals surface area contributed by atoms with Gasteiger partial charge in [0, 0.05) is 23.5 Å². The van der Waals surface area contributed by atoms with Crippen molar-refractivity contribution in [3.05, 3.63) is 70.1 Å². The normalized spacial score (nSPS) is 11.3. The monoisotopic (exact) mass is 453 g/mol. The quantitative estimate of drug-likeness (QED) is 0.424. The largest absolute Gasteiger partial charge is 0.478 e. The predicted molar refractivity (Wildman–Crippen MR) is 108 cm³/mol. The molecule has 5 nitrogen and oxygen atoms in total. The lowest BCUT2D eigenvalue weighted by Gasteiger charge is -2.06. The van der Waals surface area contributed by atoms with Gasteiger partial charge in [-0.25, -0.2) is 13.6 Å². The first-order valence-electron chi connectivity index (χ1n) is 8.16. The van der Waals surface area contributed by atoms with Crippen LogP contribution in [0.3, 0.4) is 0 Å². The van der Waals surface area contributed by atoms with Crippen molar-refractivity contribution in [2.75, 3.05) is 0 Å². The van der Waals surface area contributed by atoms with Crippen LogP contribution in [0, 0.1) is 11.6 Å². The summed E-state index contributed by atoms with van der Waals surface area (Å²) >= 11 is 13.5. The summed E-state index contributed by atoms with van der Waals surface area (Å²) in [7, 11) is 1.70. The number of aryl methyl sites for hydroxylation is 1. The molecule has 0 radical (unpaired) electrons. The minimum atomic E-state index is -1.38. The van der Waals surface area contributed by atoms with Crippen molar-refractivity contribution >= 4 is 51.8 Å².